The largest absolute Gasteiger partial charge is 0.479 e. The van der Waals surface area contributed by atoms with Crippen molar-refractivity contribution in [3.8, 4) is 5.75 Å². The molecule has 0 saturated carbocycles. The van der Waals surface area contributed by atoms with Gasteiger partial charge in [-0.1, -0.05) is 78.9 Å². The molecule has 172 valence electrons. The molecule has 2 aliphatic heterocycles. The average molecular weight is 460 g/mol. The summed E-state index contributed by atoms with van der Waals surface area (Å²) >= 11 is 0. The molecule has 1 saturated heterocycles. The summed E-state index contributed by atoms with van der Waals surface area (Å²) < 4.78 is 6.23. The molecule has 9 heteroatoms. The van der Waals surface area contributed by atoms with Gasteiger partial charge in [0.15, 0.2) is 6.10 Å². The first kappa shape index (κ1) is 21.6. The van der Waals surface area contributed by atoms with Gasteiger partial charge in [-0.25, -0.2) is 9.59 Å². The number of rotatable bonds is 5. The quantitative estimate of drug-likeness (QED) is 0.300. The molecule has 2 aliphatic rings. The van der Waals surface area contributed by atoms with Crippen molar-refractivity contribution in [2.75, 3.05) is 0 Å². The Morgan fingerprint density at radius 3 is 1.94 bits per heavy atom. The number of benzene rings is 3. The van der Waals surface area contributed by atoms with Crippen LogP contribution in [0.25, 0.3) is 0 Å². The number of carbonyl (C=O) groups is 2. The van der Waals surface area contributed by atoms with Crippen LogP contribution in [0.15, 0.2) is 84.9 Å². The summed E-state index contributed by atoms with van der Waals surface area (Å²) in [5, 5.41) is 36.5. The van der Waals surface area contributed by atoms with E-state index in [0.717, 1.165) is 0 Å². The van der Waals surface area contributed by atoms with Crippen LogP contribution in [0, 0.1) is 10.1 Å². The molecule has 0 aromatic heterocycles. The van der Waals surface area contributed by atoms with Crippen LogP contribution in [0.2, 0.25) is 0 Å². The van der Waals surface area contributed by atoms with E-state index < -0.39 is 46.0 Å². The zero-order valence-corrected chi connectivity index (χ0v) is 17.7. The summed E-state index contributed by atoms with van der Waals surface area (Å²) in [6.07, 6.45) is -1.28. The maximum absolute atomic E-state index is 13.2. The average Bonchev–Trinajstić information content (AvgIpc) is 3.20. The van der Waals surface area contributed by atoms with E-state index in [2.05, 4.69) is 5.32 Å². The van der Waals surface area contributed by atoms with E-state index in [1.54, 1.807) is 78.9 Å². The second kappa shape index (κ2) is 7.67. The normalized spacial score (nSPS) is 26.5. The smallest absolute Gasteiger partial charge is 0.336 e. The molecule has 9 nitrogen and oxygen atoms in total. The molecule has 4 atom stereocenters. The lowest BCUT2D eigenvalue weighted by Crippen LogP contribution is -2.62. The van der Waals surface area contributed by atoms with Gasteiger partial charge >= 0.3 is 11.9 Å². The van der Waals surface area contributed by atoms with Gasteiger partial charge in [0.25, 0.3) is 5.54 Å². The van der Waals surface area contributed by atoms with Gasteiger partial charge in [-0.15, -0.1) is 0 Å². The number of carboxylic acid groups (broad SMARTS) is 2. The number of aliphatic carboxylic acids is 2. The van der Waals surface area contributed by atoms with Gasteiger partial charge in [-0.3, -0.25) is 15.4 Å². The van der Waals surface area contributed by atoms with Crippen LogP contribution in [-0.2, 0) is 9.59 Å². The molecule has 1 fully saturated rings. The van der Waals surface area contributed by atoms with Crippen LogP contribution >= 0.6 is 0 Å². The van der Waals surface area contributed by atoms with Crippen molar-refractivity contribution in [3.63, 3.8) is 0 Å². The lowest BCUT2D eigenvalue weighted by Gasteiger charge is -2.43. The number of carboxylic acids is 2. The molecular formula is C25H20N2O7. The number of nitro groups is 1. The first-order chi connectivity index (χ1) is 16.3. The Morgan fingerprint density at radius 1 is 0.853 bits per heavy atom. The number of hydrogen-bond donors (Lipinski definition) is 3. The highest BCUT2D eigenvalue weighted by atomic mass is 16.6. The van der Waals surface area contributed by atoms with Gasteiger partial charge in [0.1, 0.15) is 17.7 Å². The van der Waals surface area contributed by atoms with E-state index in [-0.39, 0.29) is 11.3 Å². The maximum atomic E-state index is 13.2. The van der Waals surface area contributed by atoms with Crippen molar-refractivity contribution in [3.05, 3.63) is 112 Å². The number of hydrogen-bond acceptors (Lipinski definition) is 6. The van der Waals surface area contributed by atoms with E-state index in [1.807, 2.05) is 0 Å². The van der Waals surface area contributed by atoms with E-state index in [1.165, 1.54) is 6.07 Å². The second-order valence-corrected chi connectivity index (χ2v) is 8.43. The monoisotopic (exact) mass is 460 g/mol. The standard InChI is InChI=1S/C25H20N2O7/c28-22(29)24(23(30)31)19-17-13-7-8-14-18(17)34-21(16-11-5-2-6-12-16)25(19,27(32)33)20(26-24)15-9-3-1-4-10-15/h1-14,19-21,26H,(H,28,29)(H,30,31). The Morgan fingerprint density at radius 2 is 1.38 bits per heavy atom. The lowest BCUT2D eigenvalue weighted by molar-refractivity contribution is -0.591. The Kier molecular flexibility index (Phi) is 4.87. The summed E-state index contributed by atoms with van der Waals surface area (Å²) in [5.41, 5.74) is -3.90. The van der Waals surface area contributed by atoms with Crippen LogP contribution in [0.4, 0.5) is 0 Å². The third-order valence-corrected chi connectivity index (χ3v) is 6.85. The van der Waals surface area contributed by atoms with E-state index in [4.69, 9.17) is 4.74 Å². The van der Waals surface area contributed by atoms with Gasteiger partial charge < -0.3 is 14.9 Å². The van der Waals surface area contributed by atoms with E-state index in [9.17, 15) is 29.9 Å². The Balaban J connectivity index is 1.92. The lowest BCUT2D eigenvalue weighted by atomic mass is 9.63. The Bertz CT molecular complexity index is 1270. The topological polar surface area (TPSA) is 139 Å². The Labute approximate surface area is 193 Å². The van der Waals surface area contributed by atoms with E-state index >= 15 is 0 Å². The minimum absolute atomic E-state index is 0.155. The molecule has 0 bridgehead atoms. The van der Waals surface area contributed by atoms with Gasteiger partial charge in [0, 0.05) is 10.5 Å². The molecule has 0 amide bonds. The SMILES string of the molecule is O=C(O)C1(C(=O)O)NC(c2ccccc2)C2([N+](=O)[O-])C(c3ccccc3)Oc3ccccc3C12. The molecule has 0 spiro atoms. The minimum atomic E-state index is -2.68. The van der Waals surface area contributed by atoms with Crippen molar-refractivity contribution < 1.29 is 29.5 Å². The first-order valence-electron chi connectivity index (χ1n) is 10.6. The molecule has 3 aromatic carbocycles. The predicted octanol–water partition coefficient (Wildman–Crippen LogP) is 3.17. The third kappa shape index (κ3) is 2.70. The van der Waals surface area contributed by atoms with Crippen molar-refractivity contribution in [2.24, 2.45) is 0 Å². The van der Waals surface area contributed by atoms with Crippen molar-refractivity contribution in [1.82, 2.24) is 5.32 Å². The van der Waals surface area contributed by atoms with Crippen LogP contribution in [0.3, 0.4) is 0 Å². The highest BCUT2D eigenvalue weighted by molar-refractivity contribution is 6.06. The molecule has 0 aliphatic carbocycles. The van der Waals surface area contributed by atoms with E-state index in [0.29, 0.717) is 11.1 Å². The molecule has 4 unspecified atom stereocenters. The highest BCUT2D eigenvalue weighted by Crippen LogP contribution is 2.63. The predicted molar refractivity (Wildman–Crippen MR) is 119 cm³/mol. The summed E-state index contributed by atoms with van der Waals surface area (Å²) in [6.45, 7) is 0. The minimum Gasteiger partial charge on any atom is -0.479 e. The van der Waals surface area contributed by atoms with Gasteiger partial charge in [0.05, 0.1) is 0 Å². The molecular weight excluding hydrogens is 440 g/mol. The van der Waals surface area contributed by atoms with Gasteiger partial charge in [-0.05, 0) is 17.2 Å². The van der Waals surface area contributed by atoms with Gasteiger partial charge in [-0.2, -0.15) is 0 Å². The zero-order valence-electron chi connectivity index (χ0n) is 17.7. The first-order valence-corrected chi connectivity index (χ1v) is 10.6. The third-order valence-electron chi connectivity index (χ3n) is 6.85. The number of nitrogens with one attached hydrogen (secondary N) is 1. The summed E-state index contributed by atoms with van der Waals surface area (Å²) in [4.78, 5) is 38.0. The molecule has 2 heterocycles. The number of fused-ring (bicyclic) bond motifs is 3. The van der Waals surface area contributed by atoms with Crippen LogP contribution in [0.5, 0.6) is 5.75 Å². The fraction of sp³-hybridized carbons (Fsp3) is 0.200. The molecule has 34 heavy (non-hydrogen) atoms. The summed E-state index contributed by atoms with van der Waals surface area (Å²) in [7, 11) is 0. The van der Waals surface area contributed by atoms with Crippen molar-refractivity contribution in [1.29, 1.82) is 0 Å². The zero-order chi connectivity index (χ0) is 24.1. The number of para-hydroxylation sites is 1. The molecule has 3 aromatic rings. The highest BCUT2D eigenvalue weighted by Gasteiger charge is 2.81. The maximum Gasteiger partial charge on any atom is 0.336 e. The van der Waals surface area contributed by atoms with Gasteiger partial charge in [0.2, 0.25) is 5.54 Å². The fourth-order valence-corrected chi connectivity index (χ4v) is 5.50. The summed E-state index contributed by atoms with van der Waals surface area (Å²) in [5.74, 6) is -4.80. The van der Waals surface area contributed by atoms with Crippen molar-refractivity contribution in [2.45, 2.75) is 29.1 Å². The Hall–Kier alpha value is -4.24. The molecule has 0 radical (unpaired) electrons. The second-order valence-electron chi connectivity index (χ2n) is 8.43. The van der Waals surface area contributed by atoms with Crippen LogP contribution < -0.4 is 10.1 Å². The number of nitrogens with zero attached hydrogens (tertiary/aromatic N) is 1. The van der Waals surface area contributed by atoms with Crippen LogP contribution in [-0.4, -0.2) is 38.2 Å². The number of ether oxygens (including phenoxy) is 1. The summed E-state index contributed by atoms with van der Waals surface area (Å²) in [6, 6.07) is 21.7. The molecule has 5 rings (SSSR count). The van der Waals surface area contributed by atoms with Crippen molar-refractivity contribution >= 4 is 11.9 Å². The fourth-order valence-electron chi connectivity index (χ4n) is 5.50. The van der Waals surface area contributed by atoms with Crippen LogP contribution in [0.1, 0.15) is 34.8 Å². The molecule has 3 N–H and O–H groups in total.